The van der Waals surface area contributed by atoms with Crippen LogP contribution in [0.3, 0.4) is 0 Å². The van der Waals surface area contributed by atoms with Gasteiger partial charge < -0.3 is 0 Å². The third-order valence-corrected chi connectivity index (χ3v) is 5.02. The predicted octanol–water partition coefficient (Wildman–Crippen LogP) is 4.44. The van der Waals surface area contributed by atoms with Crippen molar-refractivity contribution in [2.45, 2.75) is 39.7 Å². The molecule has 26 heavy (non-hydrogen) atoms. The molecule has 2 aromatic rings. The van der Waals surface area contributed by atoms with E-state index in [-0.39, 0.29) is 5.41 Å². The fourth-order valence-electron chi connectivity index (χ4n) is 3.18. The average Bonchev–Trinajstić information content (AvgIpc) is 2.63. The molecule has 0 aliphatic carbocycles. The standard InChI is InChI=1S/C23H31N3/c1-19-5-7-21(8-6-19)18-25-13-15-26(16-14-25)24-17-20-9-11-22(12-10-20)23(2,3)4/h5-12,17H,13-16,18H2,1-4H3/b24-17+. The zero-order chi connectivity index (χ0) is 18.6. The number of hydrogen-bond donors (Lipinski definition) is 0. The van der Waals surface area contributed by atoms with E-state index in [1.165, 1.54) is 22.3 Å². The zero-order valence-electron chi connectivity index (χ0n) is 16.6. The van der Waals surface area contributed by atoms with Crippen molar-refractivity contribution in [1.82, 2.24) is 9.91 Å². The largest absolute Gasteiger partial charge is 0.295 e. The minimum atomic E-state index is 0.198. The lowest BCUT2D eigenvalue weighted by molar-refractivity contribution is 0.131. The molecule has 1 aliphatic heterocycles. The maximum absolute atomic E-state index is 4.68. The average molecular weight is 350 g/mol. The lowest BCUT2D eigenvalue weighted by atomic mass is 9.87. The molecule has 1 heterocycles. The minimum Gasteiger partial charge on any atom is -0.295 e. The van der Waals surface area contributed by atoms with E-state index < -0.39 is 0 Å². The third kappa shape index (κ3) is 5.18. The van der Waals surface area contributed by atoms with E-state index in [2.05, 4.69) is 91.2 Å². The molecule has 0 saturated carbocycles. The Balaban J connectivity index is 1.49. The van der Waals surface area contributed by atoms with E-state index in [1.807, 2.05) is 6.21 Å². The van der Waals surface area contributed by atoms with Gasteiger partial charge in [-0.3, -0.25) is 9.91 Å². The molecule has 0 spiro atoms. The van der Waals surface area contributed by atoms with Crippen molar-refractivity contribution in [2.75, 3.05) is 26.2 Å². The van der Waals surface area contributed by atoms with E-state index >= 15 is 0 Å². The summed E-state index contributed by atoms with van der Waals surface area (Å²) >= 11 is 0. The van der Waals surface area contributed by atoms with Crippen molar-refractivity contribution in [2.24, 2.45) is 5.10 Å². The van der Waals surface area contributed by atoms with Gasteiger partial charge in [0.2, 0.25) is 0 Å². The molecular weight excluding hydrogens is 318 g/mol. The Morgan fingerprint density at radius 1 is 0.885 bits per heavy atom. The Morgan fingerprint density at radius 3 is 2.08 bits per heavy atom. The Morgan fingerprint density at radius 2 is 1.50 bits per heavy atom. The summed E-state index contributed by atoms with van der Waals surface area (Å²) in [5.41, 5.74) is 5.44. The monoisotopic (exact) mass is 349 g/mol. The Labute approximate surface area is 158 Å². The molecule has 0 unspecified atom stereocenters. The first kappa shape index (κ1) is 18.7. The van der Waals surface area contributed by atoms with Gasteiger partial charge in [0.15, 0.2) is 0 Å². The predicted molar refractivity (Wildman–Crippen MR) is 111 cm³/mol. The highest BCUT2D eigenvalue weighted by Crippen LogP contribution is 2.21. The van der Waals surface area contributed by atoms with Crippen LogP contribution in [0.25, 0.3) is 0 Å². The fraction of sp³-hybridized carbons (Fsp3) is 0.435. The topological polar surface area (TPSA) is 18.8 Å². The van der Waals surface area contributed by atoms with Gasteiger partial charge in [-0.25, -0.2) is 0 Å². The van der Waals surface area contributed by atoms with E-state index in [0.29, 0.717) is 0 Å². The zero-order valence-corrected chi connectivity index (χ0v) is 16.6. The molecule has 3 heteroatoms. The molecule has 0 atom stereocenters. The molecule has 0 N–H and O–H groups in total. The highest BCUT2D eigenvalue weighted by atomic mass is 15.5. The van der Waals surface area contributed by atoms with E-state index in [1.54, 1.807) is 0 Å². The van der Waals surface area contributed by atoms with Crippen molar-refractivity contribution in [1.29, 1.82) is 0 Å². The number of hydrazone groups is 1. The van der Waals surface area contributed by atoms with Gasteiger partial charge in [0.25, 0.3) is 0 Å². The smallest absolute Gasteiger partial charge is 0.0542 e. The second-order valence-electron chi connectivity index (χ2n) is 8.33. The van der Waals surface area contributed by atoms with Crippen LogP contribution >= 0.6 is 0 Å². The van der Waals surface area contributed by atoms with Crippen LogP contribution in [-0.4, -0.2) is 42.3 Å². The summed E-state index contributed by atoms with van der Waals surface area (Å²) in [6.45, 7) is 14.0. The fourth-order valence-corrected chi connectivity index (χ4v) is 3.18. The summed E-state index contributed by atoms with van der Waals surface area (Å²) in [6.07, 6.45) is 1.99. The summed E-state index contributed by atoms with van der Waals surface area (Å²) < 4.78 is 0. The van der Waals surface area contributed by atoms with Crippen LogP contribution in [-0.2, 0) is 12.0 Å². The Bertz CT molecular complexity index is 716. The van der Waals surface area contributed by atoms with E-state index in [4.69, 9.17) is 0 Å². The van der Waals surface area contributed by atoms with Crippen molar-refractivity contribution in [3.05, 3.63) is 70.8 Å². The van der Waals surface area contributed by atoms with Gasteiger partial charge >= 0.3 is 0 Å². The molecule has 2 aromatic carbocycles. The van der Waals surface area contributed by atoms with Crippen molar-refractivity contribution in [3.63, 3.8) is 0 Å². The molecule has 3 rings (SSSR count). The quantitative estimate of drug-likeness (QED) is 0.760. The molecular formula is C23H31N3. The molecule has 0 bridgehead atoms. The van der Waals surface area contributed by atoms with Gasteiger partial charge in [-0.15, -0.1) is 0 Å². The summed E-state index contributed by atoms with van der Waals surface area (Å²) in [6, 6.07) is 17.6. The van der Waals surface area contributed by atoms with Gasteiger partial charge in [-0.05, 0) is 29.0 Å². The molecule has 1 saturated heterocycles. The van der Waals surface area contributed by atoms with Gasteiger partial charge in [-0.1, -0.05) is 74.9 Å². The second-order valence-corrected chi connectivity index (χ2v) is 8.33. The number of aryl methyl sites for hydroxylation is 1. The molecule has 1 fully saturated rings. The summed E-state index contributed by atoms with van der Waals surface area (Å²) in [5, 5.41) is 6.86. The van der Waals surface area contributed by atoms with Crippen LogP contribution in [0.2, 0.25) is 0 Å². The number of piperazine rings is 1. The van der Waals surface area contributed by atoms with Crippen LogP contribution in [0.15, 0.2) is 53.6 Å². The van der Waals surface area contributed by atoms with Crippen LogP contribution in [0.4, 0.5) is 0 Å². The maximum atomic E-state index is 4.68. The number of rotatable bonds is 4. The van der Waals surface area contributed by atoms with Crippen LogP contribution in [0.1, 0.15) is 43.0 Å². The molecule has 0 radical (unpaired) electrons. The Kier molecular flexibility index (Phi) is 5.77. The number of hydrogen-bond acceptors (Lipinski definition) is 3. The lowest BCUT2D eigenvalue weighted by Crippen LogP contribution is -2.43. The second kappa shape index (κ2) is 8.05. The normalized spacial score (nSPS) is 16.4. The van der Waals surface area contributed by atoms with Gasteiger partial charge in [-0.2, -0.15) is 5.10 Å². The van der Waals surface area contributed by atoms with Crippen molar-refractivity contribution >= 4 is 6.21 Å². The van der Waals surface area contributed by atoms with Crippen molar-refractivity contribution < 1.29 is 0 Å². The first-order valence-electron chi connectivity index (χ1n) is 9.57. The molecule has 1 aliphatic rings. The highest BCUT2D eigenvalue weighted by Gasteiger charge is 2.15. The van der Waals surface area contributed by atoms with Gasteiger partial charge in [0.1, 0.15) is 0 Å². The van der Waals surface area contributed by atoms with Gasteiger partial charge in [0, 0.05) is 32.7 Å². The van der Waals surface area contributed by atoms with Crippen LogP contribution < -0.4 is 0 Å². The van der Waals surface area contributed by atoms with E-state index in [0.717, 1.165) is 32.7 Å². The Hall–Kier alpha value is -2.13. The first-order valence-corrected chi connectivity index (χ1v) is 9.57. The maximum Gasteiger partial charge on any atom is 0.0542 e. The first-order chi connectivity index (χ1) is 12.4. The number of nitrogens with zero attached hydrogens (tertiary/aromatic N) is 3. The van der Waals surface area contributed by atoms with Gasteiger partial charge in [0.05, 0.1) is 6.21 Å². The molecule has 0 aromatic heterocycles. The minimum absolute atomic E-state index is 0.198. The molecule has 3 nitrogen and oxygen atoms in total. The summed E-state index contributed by atoms with van der Waals surface area (Å²) in [5.74, 6) is 0. The lowest BCUT2D eigenvalue weighted by Gasteiger charge is -2.33. The van der Waals surface area contributed by atoms with Crippen LogP contribution in [0.5, 0.6) is 0 Å². The molecule has 138 valence electrons. The summed E-state index contributed by atoms with van der Waals surface area (Å²) in [7, 11) is 0. The number of benzene rings is 2. The summed E-state index contributed by atoms with van der Waals surface area (Å²) in [4.78, 5) is 2.51. The third-order valence-electron chi connectivity index (χ3n) is 5.02. The highest BCUT2D eigenvalue weighted by molar-refractivity contribution is 5.79. The SMILES string of the molecule is Cc1ccc(CN2CCN(/N=C/c3ccc(C(C)(C)C)cc3)CC2)cc1. The van der Waals surface area contributed by atoms with E-state index in [9.17, 15) is 0 Å². The van der Waals surface area contributed by atoms with Crippen LogP contribution in [0, 0.1) is 6.92 Å². The van der Waals surface area contributed by atoms with Crippen molar-refractivity contribution in [3.8, 4) is 0 Å². The molecule has 0 amide bonds.